The number of rotatable bonds is 12. The summed E-state index contributed by atoms with van der Waals surface area (Å²) in [4.78, 5) is 38.1. The third-order valence-corrected chi connectivity index (χ3v) is 5.35. The molecule has 0 fully saturated rings. The second kappa shape index (κ2) is 13.4. The highest BCUT2D eigenvalue weighted by Gasteiger charge is 2.29. The Hall–Kier alpha value is -3.19. The fourth-order valence-electron chi connectivity index (χ4n) is 3.54. The van der Waals surface area contributed by atoms with Crippen molar-refractivity contribution >= 4 is 17.8 Å². The van der Waals surface area contributed by atoms with Gasteiger partial charge in [-0.1, -0.05) is 74.5 Å². The summed E-state index contributed by atoms with van der Waals surface area (Å²) in [5.74, 6) is -1.21. The zero-order valence-corrected chi connectivity index (χ0v) is 19.6. The summed E-state index contributed by atoms with van der Waals surface area (Å²) in [6.07, 6.45) is 1.84. The normalized spacial score (nSPS) is 13.6. The molecular formula is C26H35N3O4. The number of benzene rings is 2. The van der Waals surface area contributed by atoms with Crippen LogP contribution in [0.4, 0.5) is 0 Å². The molecule has 0 heterocycles. The van der Waals surface area contributed by atoms with E-state index < -0.39 is 30.0 Å². The predicted octanol–water partition coefficient (Wildman–Crippen LogP) is 2.38. The number of esters is 1. The Morgan fingerprint density at radius 1 is 0.848 bits per heavy atom. The van der Waals surface area contributed by atoms with Crippen LogP contribution < -0.4 is 16.4 Å². The van der Waals surface area contributed by atoms with Gasteiger partial charge in [-0.05, 0) is 36.3 Å². The summed E-state index contributed by atoms with van der Waals surface area (Å²) in [6.45, 7) is 3.92. The Balaban J connectivity index is 2.02. The lowest BCUT2D eigenvalue weighted by atomic mass is 10.00. The highest BCUT2D eigenvalue weighted by molar-refractivity contribution is 5.92. The lowest BCUT2D eigenvalue weighted by molar-refractivity contribution is -0.145. The van der Waals surface area contributed by atoms with Crippen molar-refractivity contribution in [3.63, 3.8) is 0 Å². The molecule has 0 aromatic heterocycles. The number of ether oxygens (including phenoxy) is 1. The lowest BCUT2D eigenvalue weighted by Gasteiger charge is -2.24. The number of hydrogen-bond acceptors (Lipinski definition) is 5. The van der Waals surface area contributed by atoms with Gasteiger partial charge in [0.05, 0.1) is 13.2 Å². The SMILES string of the molecule is COC(=O)[C@H](Cc1ccccc1)NC(=O)[C@H](CC(C)C)NC(=O)C(N)CCc1ccccc1. The molecule has 2 aromatic rings. The van der Waals surface area contributed by atoms with Crippen molar-refractivity contribution in [3.05, 3.63) is 71.8 Å². The first kappa shape index (κ1) is 26.1. The molecule has 2 aromatic carbocycles. The number of methoxy groups -OCH3 is 1. The van der Waals surface area contributed by atoms with E-state index in [2.05, 4.69) is 10.6 Å². The number of hydrogen-bond donors (Lipinski definition) is 3. The Morgan fingerprint density at radius 2 is 1.39 bits per heavy atom. The van der Waals surface area contributed by atoms with Crippen molar-refractivity contribution in [2.24, 2.45) is 11.7 Å². The van der Waals surface area contributed by atoms with Gasteiger partial charge >= 0.3 is 5.97 Å². The molecule has 0 saturated carbocycles. The summed E-state index contributed by atoms with van der Waals surface area (Å²) < 4.78 is 4.88. The van der Waals surface area contributed by atoms with Crippen molar-refractivity contribution in [1.82, 2.24) is 10.6 Å². The molecule has 0 spiro atoms. The van der Waals surface area contributed by atoms with Crippen LogP contribution in [-0.2, 0) is 32.0 Å². The van der Waals surface area contributed by atoms with Gasteiger partial charge in [0.1, 0.15) is 12.1 Å². The van der Waals surface area contributed by atoms with E-state index in [1.165, 1.54) is 7.11 Å². The van der Waals surface area contributed by atoms with Gasteiger partial charge < -0.3 is 21.1 Å². The molecule has 2 rings (SSSR count). The number of carbonyl (C=O) groups excluding carboxylic acids is 3. The van der Waals surface area contributed by atoms with Crippen molar-refractivity contribution in [3.8, 4) is 0 Å². The monoisotopic (exact) mass is 453 g/mol. The molecule has 7 nitrogen and oxygen atoms in total. The molecule has 33 heavy (non-hydrogen) atoms. The standard InChI is InChI=1S/C26H35N3O4/c1-18(2)16-22(28-24(30)21(27)15-14-19-10-6-4-7-11-19)25(31)29-23(26(32)33-3)17-20-12-8-5-9-13-20/h4-13,18,21-23H,14-17,27H2,1-3H3,(H,28,30)(H,29,31)/t21?,22-,23-/m0/s1. The number of nitrogens with two attached hydrogens (primary N) is 1. The minimum absolute atomic E-state index is 0.146. The largest absolute Gasteiger partial charge is 0.467 e. The van der Waals surface area contributed by atoms with E-state index in [4.69, 9.17) is 10.5 Å². The average molecular weight is 454 g/mol. The number of nitrogens with one attached hydrogen (secondary N) is 2. The minimum atomic E-state index is -0.858. The quantitative estimate of drug-likeness (QED) is 0.428. The minimum Gasteiger partial charge on any atom is -0.467 e. The van der Waals surface area contributed by atoms with Crippen LogP contribution >= 0.6 is 0 Å². The second-order valence-electron chi connectivity index (χ2n) is 8.60. The van der Waals surface area contributed by atoms with Gasteiger partial charge in [0.15, 0.2) is 0 Å². The molecule has 2 amide bonds. The van der Waals surface area contributed by atoms with Crippen LogP contribution in [0.25, 0.3) is 0 Å². The van der Waals surface area contributed by atoms with Gasteiger partial charge in [-0.3, -0.25) is 9.59 Å². The predicted molar refractivity (Wildman–Crippen MR) is 128 cm³/mol. The van der Waals surface area contributed by atoms with Crippen molar-refractivity contribution < 1.29 is 19.1 Å². The Morgan fingerprint density at radius 3 is 1.94 bits per heavy atom. The van der Waals surface area contributed by atoms with E-state index in [1.54, 1.807) is 0 Å². The van der Waals surface area contributed by atoms with Crippen LogP contribution in [0.5, 0.6) is 0 Å². The Labute approximate surface area is 196 Å². The van der Waals surface area contributed by atoms with Gasteiger partial charge in [0.2, 0.25) is 11.8 Å². The first-order valence-corrected chi connectivity index (χ1v) is 11.3. The number of amides is 2. The van der Waals surface area contributed by atoms with Crippen LogP contribution in [0.1, 0.15) is 37.8 Å². The maximum Gasteiger partial charge on any atom is 0.328 e. The average Bonchev–Trinajstić information content (AvgIpc) is 2.82. The summed E-state index contributed by atoms with van der Waals surface area (Å²) in [7, 11) is 1.28. The maximum atomic E-state index is 13.1. The summed E-state index contributed by atoms with van der Waals surface area (Å²) in [6, 6.07) is 16.7. The molecule has 0 radical (unpaired) electrons. The summed E-state index contributed by atoms with van der Waals surface area (Å²) >= 11 is 0. The van der Waals surface area contributed by atoms with Crippen LogP contribution in [0.3, 0.4) is 0 Å². The van der Waals surface area contributed by atoms with E-state index in [0.717, 1.165) is 11.1 Å². The zero-order chi connectivity index (χ0) is 24.2. The second-order valence-corrected chi connectivity index (χ2v) is 8.60. The van der Waals surface area contributed by atoms with E-state index in [9.17, 15) is 14.4 Å². The van der Waals surface area contributed by atoms with Gasteiger partial charge in [-0.2, -0.15) is 0 Å². The van der Waals surface area contributed by atoms with Gasteiger partial charge in [-0.25, -0.2) is 4.79 Å². The molecule has 0 bridgehead atoms. The van der Waals surface area contributed by atoms with Crippen molar-refractivity contribution in [2.45, 2.75) is 57.7 Å². The first-order valence-electron chi connectivity index (χ1n) is 11.3. The highest BCUT2D eigenvalue weighted by Crippen LogP contribution is 2.10. The van der Waals surface area contributed by atoms with Gasteiger partial charge in [0.25, 0.3) is 0 Å². The molecule has 4 N–H and O–H groups in total. The van der Waals surface area contributed by atoms with Crippen LogP contribution in [-0.4, -0.2) is 43.0 Å². The summed E-state index contributed by atoms with van der Waals surface area (Å²) in [5, 5.41) is 5.54. The molecule has 178 valence electrons. The molecule has 0 aliphatic carbocycles. The van der Waals surface area contributed by atoms with E-state index in [-0.39, 0.29) is 18.2 Å². The third-order valence-electron chi connectivity index (χ3n) is 5.35. The highest BCUT2D eigenvalue weighted by atomic mass is 16.5. The zero-order valence-electron chi connectivity index (χ0n) is 19.6. The first-order chi connectivity index (χ1) is 15.8. The molecule has 0 saturated heterocycles. The molecule has 0 aliphatic rings. The van der Waals surface area contributed by atoms with Crippen LogP contribution in [0.2, 0.25) is 0 Å². The fourth-order valence-corrected chi connectivity index (χ4v) is 3.54. The third kappa shape index (κ3) is 9.06. The Bertz CT molecular complexity index is 887. The smallest absolute Gasteiger partial charge is 0.328 e. The topological polar surface area (TPSA) is 111 Å². The summed E-state index contributed by atoms with van der Waals surface area (Å²) in [5.41, 5.74) is 8.09. The molecular weight excluding hydrogens is 418 g/mol. The van der Waals surface area contributed by atoms with E-state index in [0.29, 0.717) is 19.3 Å². The lowest BCUT2D eigenvalue weighted by Crippen LogP contribution is -2.55. The van der Waals surface area contributed by atoms with Crippen LogP contribution in [0, 0.1) is 5.92 Å². The Kier molecular flexibility index (Phi) is 10.6. The van der Waals surface area contributed by atoms with Gasteiger partial charge in [0, 0.05) is 6.42 Å². The van der Waals surface area contributed by atoms with E-state index >= 15 is 0 Å². The fraction of sp³-hybridized carbons (Fsp3) is 0.423. The van der Waals surface area contributed by atoms with Crippen molar-refractivity contribution in [1.29, 1.82) is 0 Å². The maximum absolute atomic E-state index is 13.1. The van der Waals surface area contributed by atoms with Crippen molar-refractivity contribution in [2.75, 3.05) is 7.11 Å². The van der Waals surface area contributed by atoms with Crippen LogP contribution in [0.15, 0.2) is 60.7 Å². The molecule has 7 heteroatoms. The van der Waals surface area contributed by atoms with E-state index in [1.807, 2.05) is 74.5 Å². The number of aryl methyl sites for hydroxylation is 1. The molecule has 1 unspecified atom stereocenters. The van der Waals surface area contributed by atoms with Gasteiger partial charge in [-0.15, -0.1) is 0 Å². The molecule has 0 aliphatic heterocycles. The number of carbonyl (C=O) groups is 3. The molecule has 3 atom stereocenters.